The van der Waals surface area contributed by atoms with E-state index in [0.29, 0.717) is 19.4 Å². The summed E-state index contributed by atoms with van der Waals surface area (Å²) in [5.74, 6) is 0.637. The second-order valence-corrected chi connectivity index (χ2v) is 14.1. The lowest BCUT2D eigenvalue weighted by Gasteiger charge is -2.18. The number of carbonyl (C=O) groups is 1. The number of carbonyl (C=O) groups excluding carboxylic acids is 1. The molecule has 0 aliphatic carbocycles. The van der Waals surface area contributed by atoms with Crippen LogP contribution in [0.2, 0.25) is 0 Å². The van der Waals surface area contributed by atoms with Gasteiger partial charge in [0.2, 0.25) is 5.91 Å². The van der Waals surface area contributed by atoms with Crippen LogP contribution in [0.3, 0.4) is 0 Å². The molecule has 0 aliphatic heterocycles. The van der Waals surface area contributed by atoms with E-state index in [1.807, 2.05) is 24.3 Å². The van der Waals surface area contributed by atoms with E-state index in [4.69, 9.17) is 9.26 Å². The first kappa shape index (κ1) is 40.9. The van der Waals surface area contributed by atoms with Crippen molar-refractivity contribution in [3.8, 4) is 5.75 Å². The molecule has 0 radical (unpaired) electrons. The molecule has 1 amide bonds. The van der Waals surface area contributed by atoms with E-state index in [1.165, 1.54) is 82.6 Å². The van der Waals surface area contributed by atoms with Crippen LogP contribution in [-0.4, -0.2) is 33.2 Å². The molecule has 0 saturated heterocycles. The van der Waals surface area contributed by atoms with E-state index in [9.17, 15) is 19.5 Å². The molecule has 0 fully saturated rings. The third-order valence-corrected chi connectivity index (χ3v) is 8.88. The summed E-state index contributed by atoms with van der Waals surface area (Å²) in [4.78, 5) is 40.7. The molecule has 7 nitrogen and oxygen atoms in total. The van der Waals surface area contributed by atoms with Gasteiger partial charge in [-0.2, -0.15) is 19.2 Å². The van der Waals surface area contributed by atoms with Crippen LogP contribution >= 0.6 is 8.17 Å². The van der Waals surface area contributed by atoms with Crippen LogP contribution in [0.25, 0.3) is 0 Å². The van der Waals surface area contributed by atoms with Crippen molar-refractivity contribution in [3.63, 3.8) is 0 Å². The Kier molecular flexibility index (Phi) is 22.4. The summed E-state index contributed by atoms with van der Waals surface area (Å²) in [6, 6.07) is 15.7. The molecule has 0 unspecified atom stereocenters. The number of aryl methyl sites for hydroxylation is 1. The zero-order valence-electron chi connectivity index (χ0n) is 29.2. The van der Waals surface area contributed by atoms with Crippen LogP contribution < -0.4 is 10.1 Å². The molecule has 0 saturated carbocycles. The summed E-state index contributed by atoms with van der Waals surface area (Å²) in [6.45, 7) is 4.74. The van der Waals surface area contributed by atoms with Crippen LogP contribution in [0, 0.1) is 0 Å². The van der Waals surface area contributed by atoms with E-state index in [1.54, 1.807) is 0 Å². The number of amides is 1. The Morgan fingerprint density at radius 1 is 0.702 bits per heavy atom. The van der Waals surface area contributed by atoms with Gasteiger partial charge in [0.15, 0.2) is 0 Å². The Balaban J connectivity index is 1.67. The van der Waals surface area contributed by atoms with E-state index in [-0.39, 0.29) is 12.5 Å². The predicted molar refractivity (Wildman–Crippen MR) is 195 cm³/mol. The van der Waals surface area contributed by atoms with Crippen molar-refractivity contribution in [3.05, 3.63) is 77.4 Å². The molecule has 2 aromatic rings. The number of ether oxygens (including phenoxy) is 1. The predicted octanol–water partition coefficient (Wildman–Crippen LogP) is 9.73. The highest BCUT2D eigenvalue weighted by Crippen LogP contribution is 2.45. The van der Waals surface area contributed by atoms with Gasteiger partial charge in [0.05, 0.1) is 6.04 Å². The minimum Gasteiger partial charge on any atom is -0.489 e. The van der Waals surface area contributed by atoms with Gasteiger partial charge < -0.3 is 10.1 Å². The zero-order valence-corrected chi connectivity index (χ0v) is 30.1. The Bertz CT molecular complexity index is 1080. The highest BCUT2D eigenvalue weighted by Gasteiger charge is 2.34. The lowest BCUT2D eigenvalue weighted by molar-refractivity contribution is -0.122. The van der Waals surface area contributed by atoms with Crippen molar-refractivity contribution < 1.29 is 28.7 Å². The average Bonchev–Trinajstić information content (AvgIpc) is 3.05. The summed E-state index contributed by atoms with van der Waals surface area (Å²) >= 11 is 0. The van der Waals surface area contributed by atoms with Gasteiger partial charge in [0.25, 0.3) is 0 Å². The summed E-state index contributed by atoms with van der Waals surface area (Å²) in [5.41, 5.74) is 3.40. The minimum absolute atomic E-state index is 0.106. The summed E-state index contributed by atoms with van der Waals surface area (Å²) in [5, 5.41) is 2.95. The number of allylic oxidation sites excluding steroid dienone is 2. The molecule has 0 aliphatic rings. The fourth-order valence-electron chi connectivity index (χ4n) is 5.55. The van der Waals surface area contributed by atoms with Crippen LogP contribution in [0.15, 0.2) is 60.7 Å². The third-order valence-electron chi connectivity index (χ3n) is 8.38. The summed E-state index contributed by atoms with van der Waals surface area (Å²) < 4.78 is 10.8. The quantitative estimate of drug-likeness (QED) is 0.0407. The number of hydrogen-bond acceptors (Lipinski definition) is 6. The van der Waals surface area contributed by atoms with Gasteiger partial charge in [-0.3, -0.25) is 4.79 Å². The number of nitrogens with one attached hydrogen (secondary N) is 1. The number of hydrogen-bond donors (Lipinski definition) is 4. The fourth-order valence-corrected chi connectivity index (χ4v) is 5.93. The van der Waals surface area contributed by atoms with Crippen LogP contribution in [0.4, 0.5) is 0 Å². The van der Waals surface area contributed by atoms with E-state index in [2.05, 4.69) is 55.6 Å². The number of unbranched alkanes of at least 4 members (excludes halogenated alkanes) is 13. The van der Waals surface area contributed by atoms with Crippen molar-refractivity contribution in [2.45, 2.75) is 148 Å². The average molecular weight is 673 g/mol. The van der Waals surface area contributed by atoms with E-state index >= 15 is 0 Å². The molecule has 0 bridgehead atoms. The second-order valence-electron chi connectivity index (χ2n) is 12.8. The van der Waals surface area contributed by atoms with Gasteiger partial charge >= 0.3 is 8.17 Å². The summed E-state index contributed by atoms with van der Waals surface area (Å²) in [6.07, 6.45) is 25.9. The summed E-state index contributed by atoms with van der Waals surface area (Å²) in [7, 11) is -4.40. The largest absolute Gasteiger partial charge is 0.567 e. The van der Waals surface area contributed by atoms with Crippen molar-refractivity contribution in [1.82, 2.24) is 5.32 Å². The zero-order chi connectivity index (χ0) is 34.0. The molecular weight excluding hydrogens is 609 g/mol. The Morgan fingerprint density at radius 2 is 1.23 bits per heavy atom. The Morgan fingerprint density at radius 3 is 1.85 bits per heavy atom. The van der Waals surface area contributed by atoms with Crippen molar-refractivity contribution in [2.75, 3.05) is 6.61 Å². The maximum atomic E-state index is 12.7. The van der Waals surface area contributed by atoms with Crippen molar-refractivity contribution >= 4 is 14.1 Å². The lowest BCUT2D eigenvalue weighted by atomic mass is 10.1. The first-order chi connectivity index (χ1) is 22.8. The van der Waals surface area contributed by atoms with Gasteiger partial charge in [-0.1, -0.05) is 127 Å². The van der Waals surface area contributed by atoms with E-state index in [0.717, 1.165) is 49.0 Å². The normalized spacial score (nSPS) is 12.4. The SMILES string of the molecule is CCCCCCCC/C=C\CCCCCCCC(=O)N[C@@H](CO[P+](O)(O)O)Cc1ccc(OCc2ccc(CCCCC)cc2)cc1. The molecule has 2 aromatic carbocycles. The number of rotatable bonds is 28. The van der Waals surface area contributed by atoms with Gasteiger partial charge in [-0.25, -0.2) is 0 Å². The number of benzene rings is 2. The monoisotopic (exact) mass is 672 g/mol. The molecule has 2 rings (SSSR count). The Labute approximate surface area is 285 Å². The first-order valence-corrected chi connectivity index (χ1v) is 19.8. The highest BCUT2D eigenvalue weighted by molar-refractivity contribution is 7.53. The van der Waals surface area contributed by atoms with Gasteiger partial charge in [0.1, 0.15) is 19.0 Å². The smallest absolute Gasteiger partial charge is 0.489 e. The van der Waals surface area contributed by atoms with Crippen LogP contribution in [-0.2, 0) is 28.8 Å². The van der Waals surface area contributed by atoms with Gasteiger partial charge in [-0.15, -0.1) is 0 Å². The molecular formula is C39H63NO6P+. The van der Waals surface area contributed by atoms with Crippen molar-refractivity contribution in [2.24, 2.45) is 0 Å². The van der Waals surface area contributed by atoms with Crippen LogP contribution in [0.1, 0.15) is 140 Å². The Hall–Kier alpha value is -2.28. The molecule has 0 heterocycles. The standard InChI is InChI=1S/C39H62NO6P/c1-3-5-7-8-9-10-11-12-13-14-15-16-17-18-20-22-39(41)40-37(33-46-47(42,43)44)31-35-27-29-38(30-28-35)45-32-36-25-23-34(24-26-36)21-19-6-4-2/h12-13,23-30,37,42-44H,3-11,14-22,31-33H2,1-2H3/p+1/b13-12-/t37-/m1/s1. The van der Waals surface area contributed by atoms with Crippen LogP contribution in [0.5, 0.6) is 5.75 Å². The van der Waals surface area contributed by atoms with E-state index < -0.39 is 14.2 Å². The minimum atomic E-state index is -4.40. The maximum Gasteiger partial charge on any atom is 0.567 e. The lowest BCUT2D eigenvalue weighted by Crippen LogP contribution is -2.39. The first-order valence-electron chi connectivity index (χ1n) is 18.2. The highest BCUT2D eigenvalue weighted by atomic mass is 31.2. The fraction of sp³-hybridized carbons (Fsp3) is 0.615. The second kappa shape index (κ2) is 25.7. The molecule has 0 spiro atoms. The molecule has 1 atom stereocenters. The van der Waals surface area contributed by atoms with Gasteiger partial charge in [-0.05, 0) is 80.2 Å². The topological polar surface area (TPSA) is 108 Å². The molecule has 0 aromatic heterocycles. The molecule has 47 heavy (non-hydrogen) atoms. The maximum absolute atomic E-state index is 12.7. The molecule has 264 valence electrons. The van der Waals surface area contributed by atoms with Crippen molar-refractivity contribution in [1.29, 1.82) is 0 Å². The molecule has 4 N–H and O–H groups in total. The molecule has 8 heteroatoms. The third kappa shape index (κ3) is 22.1. The van der Waals surface area contributed by atoms with Gasteiger partial charge in [0, 0.05) is 6.42 Å².